The molecular weight excluding hydrogens is 299 g/mol. The second kappa shape index (κ2) is 5.19. The minimum absolute atomic E-state index is 0.0750. The van der Waals surface area contributed by atoms with Crippen molar-refractivity contribution < 1.29 is 8.76 Å². The fourth-order valence-corrected chi connectivity index (χ4v) is 1.92. The van der Waals surface area contributed by atoms with Gasteiger partial charge < -0.3 is 4.55 Å². The van der Waals surface area contributed by atoms with Gasteiger partial charge >= 0.3 is 0 Å². The lowest BCUT2D eigenvalue weighted by molar-refractivity contribution is 0.564. The van der Waals surface area contributed by atoms with E-state index in [9.17, 15) is 9.00 Å². The Balaban J connectivity index is 2.53. The summed E-state index contributed by atoms with van der Waals surface area (Å²) < 4.78 is 20.7. The van der Waals surface area contributed by atoms with Gasteiger partial charge in [0.2, 0.25) is 0 Å². The van der Waals surface area contributed by atoms with Gasteiger partial charge in [-0.2, -0.15) is 9.78 Å². The zero-order chi connectivity index (χ0) is 13.3. The summed E-state index contributed by atoms with van der Waals surface area (Å²) in [7, 11) is 0. The highest BCUT2D eigenvalue weighted by Crippen LogP contribution is 2.16. The second-order valence-corrected chi connectivity index (χ2v) is 5.02. The Hall–Kier alpha value is -1.21. The number of benzene rings is 1. The van der Waals surface area contributed by atoms with Crippen LogP contribution < -0.4 is 5.56 Å². The normalized spacial score (nSPS) is 12.4. The zero-order valence-electron chi connectivity index (χ0n) is 8.71. The molecule has 0 bridgehead atoms. The number of hydrogen-bond donors (Lipinski definition) is 1. The van der Waals surface area contributed by atoms with Gasteiger partial charge in [0.15, 0.2) is 11.1 Å². The Morgan fingerprint density at radius 2 is 1.83 bits per heavy atom. The molecule has 1 aromatic heterocycles. The molecule has 1 atom stereocenters. The van der Waals surface area contributed by atoms with E-state index in [0.29, 0.717) is 5.69 Å². The largest absolute Gasteiger partial charge is 0.302 e. The number of nitrogens with zero attached hydrogens (tertiary/aromatic N) is 2. The highest BCUT2D eigenvalue weighted by atomic mass is 35.5. The maximum atomic E-state index is 11.8. The van der Waals surface area contributed by atoms with E-state index < -0.39 is 16.6 Å². The van der Waals surface area contributed by atoms with Crippen molar-refractivity contribution in [2.75, 3.05) is 0 Å². The van der Waals surface area contributed by atoms with Crippen LogP contribution in [0, 0.1) is 0 Å². The predicted molar refractivity (Wildman–Crippen MR) is 68.9 cm³/mol. The molecule has 1 N–H and O–H groups in total. The van der Waals surface area contributed by atoms with E-state index in [1.165, 1.54) is 30.5 Å². The van der Waals surface area contributed by atoms with Gasteiger partial charge in [-0.3, -0.25) is 4.79 Å². The topological polar surface area (TPSA) is 72.2 Å². The summed E-state index contributed by atoms with van der Waals surface area (Å²) in [5.74, 6) is 0. The van der Waals surface area contributed by atoms with E-state index in [-0.39, 0.29) is 14.9 Å². The van der Waals surface area contributed by atoms with Crippen LogP contribution in [0.3, 0.4) is 0 Å². The fourth-order valence-electron chi connectivity index (χ4n) is 1.30. The molecule has 2 rings (SSSR count). The number of aromatic nitrogens is 2. The average molecular weight is 305 g/mol. The van der Waals surface area contributed by atoms with Crippen molar-refractivity contribution in [1.29, 1.82) is 0 Å². The predicted octanol–water partition coefficient (Wildman–Crippen LogP) is 2.12. The summed E-state index contributed by atoms with van der Waals surface area (Å²) in [6, 6.07) is 5.81. The van der Waals surface area contributed by atoms with Crippen LogP contribution >= 0.6 is 23.2 Å². The van der Waals surface area contributed by atoms with E-state index in [2.05, 4.69) is 5.10 Å². The molecule has 0 saturated carbocycles. The third-order valence-electron chi connectivity index (χ3n) is 2.16. The van der Waals surface area contributed by atoms with Gasteiger partial charge in [0.25, 0.3) is 5.56 Å². The van der Waals surface area contributed by atoms with Crippen molar-refractivity contribution in [3.63, 3.8) is 0 Å². The molecule has 18 heavy (non-hydrogen) atoms. The van der Waals surface area contributed by atoms with E-state index in [1.807, 2.05) is 0 Å². The van der Waals surface area contributed by atoms with E-state index in [4.69, 9.17) is 27.8 Å². The molecule has 0 radical (unpaired) electrons. The minimum atomic E-state index is -2.06. The molecule has 94 valence electrons. The van der Waals surface area contributed by atoms with E-state index in [1.54, 1.807) is 0 Å². The lowest BCUT2D eigenvalue weighted by Gasteiger charge is -2.05. The quantitative estimate of drug-likeness (QED) is 0.863. The molecule has 2 aromatic rings. The third-order valence-corrected chi connectivity index (χ3v) is 3.58. The maximum Gasteiger partial charge on any atom is 0.291 e. The smallest absolute Gasteiger partial charge is 0.291 e. The van der Waals surface area contributed by atoms with Crippen molar-refractivity contribution in [3.8, 4) is 5.69 Å². The molecule has 1 unspecified atom stereocenters. The Labute approximate surface area is 114 Å². The Morgan fingerprint density at radius 1 is 1.22 bits per heavy atom. The monoisotopic (exact) mass is 304 g/mol. The first-order valence-corrected chi connectivity index (χ1v) is 6.51. The van der Waals surface area contributed by atoms with Gasteiger partial charge in [0, 0.05) is 0 Å². The van der Waals surface area contributed by atoms with Crippen LogP contribution in [0.25, 0.3) is 5.69 Å². The molecule has 0 amide bonds. The first-order chi connectivity index (χ1) is 8.50. The number of halogens is 2. The molecule has 8 heteroatoms. The minimum Gasteiger partial charge on any atom is -0.302 e. The van der Waals surface area contributed by atoms with Crippen molar-refractivity contribution >= 4 is 34.3 Å². The van der Waals surface area contributed by atoms with E-state index >= 15 is 0 Å². The summed E-state index contributed by atoms with van der Waals surface area (Å²) in [5, 5.41) is 3.78. The molecule has 0 aliphatic rings. The molecule has 0 saturated heterocycles. The Kier molecular flexibility index (Phi) is 3.82. The zero-order valence-corrected chi connectivity index (χ0v) is 11.0. The molecule has 1 heterocycles. The van der Waals surface area contributed by atoms with Gasteiger partial charge in [-0.1, -0.05) is 23.2 Å². The van der Waals surface area contributed by atoms with Crippen LogP contribution in [-0.2, 0) is 11.1 Å². The van der Waals surface area contributed by atoms with Gasteiger partial charge in [-0.25, -0.2) is 4.21 Å². The van der Waals surface area contributed by atoms with E-state index in [0.717, 1.165) is 4.68 Å². The summed E-state index contributed by atoms with van der Waals surface area (Å²) in [5.41, 5.74) is -0.130. The standard InChI is InChI=1S/C10H6Cl2N2O3S/c11-8-5-13-14(10(15)9(8)12)6-1-3-7(4-2-6)18(16)17/h1-5H,(H,16,17). The summed E-state index contributed by atoms with van der Waals surface area (Å²) in [6.45, 7) is 0. The summed E-state index contributed by atoms with van der Waals surface area (Å²) in [4.78, 5) is 12.0. The maximum absolute atomic E-state index is 11.8. The van der Waals surface area contributed by atoms with Crippen LogP contribution in [0.5, 0.6) is 0 Å². The molecule has 0 fully saturated rings. The average Bonchev–Trinajstić information content (AvgIpc) is 2.36. The molecule has 0 aliphatic heterocycles. The van der Waals surface area contributed by atoms with Crippen LogP contribution in [0.2, 0.25) is 10.0 Å². The summed E-state index contributed by atoms with van der Waals surface area (Å²) in [6.07, 6.45) is 1.25. The SMILES string of the molecule is O=c1c(Cl)c(Cl)cnn1-c1ccc(S(=O)O)cc1. The molecule has 0 aliphatic carbocycles. The Bertz CT molecular complexity index is 670. The van der Waals surface area contributed by atoms with Crippen molar-refractivity contribution in [2.45, 2.75) is 4.90 Å². The van der Waals surface area contributed by atoms with Gasteiger partial charge in [0.1, 0.15) is 5.02 Å². The molecular formula is C10H6Cl2N2O3S. The third kappa shape index (κ3) is 2.46. The lowest BCUT2D eigenvalue weighted by Crippen LogP contribution is -2.21. The molecule has 0 spiro atoms. The van der Waals surface area contributed by atoms with Gasteiger partial charge in [-0.15, -0.1) is 0 Å². The van der Waals surface area contributed by atoms with Gasteiger partial charge in [0.05, 0.1) is 21.8 Å². The van der Waals surface area contributed by atoms with Crippen molar-refractivity contribution in [3.05, 3.63) is 50.9 Å². The highest BCUT2D eigenvalue weighted by molar-refractivity contribution is 7.79. The lowest BCUT2D eigenvalue weighted by atomic mass is 10.3. The number of rotatable bonds is 2. The molecule has 1 aromatic carbocycles. The first-order valence-electron chi connectivity index (χ1n) is 4.65. The van der Waals surface area contributed by atoms with Crippen LogP contribution in [-0.4, -0.2) is 18.5 Å². The Morgan fingerprint density at radius 3 is 2.39 bits per heavy atom. The van der Waals surface area contributed by atoms with Gasteiger partial charge in [-0.05, 0) is 24.3 Å². The summed E-state index contributed by atoms with van der Waals surface area (Å²) >= 11 is 9.32. The fraction of sp³-hybridized carbons (Fsp3) is 0. The van der Waals surface area contributed by atoms with Crippen LogP contribution in [0.1, 0.15) is 0 Å². The van der Waals surface area contributed by atoms with Crippen molar-refractivity contribution in [2.24, 2.45) is 0 Å². The highest BCUT2D eigenvalue weighted by Gasteiger charge is 2.09. The first kappa shape index (κ1) is 13.2. The van der Waals surface area contributed by atoms with Crippen LogP contribution in [0.15, 0.2) is 40.2 Å². The second-order valence-electron chi connectivity index (χ2n) is 3.27. The van der Waals surface area contributed by atoms with Crippen molar-refractivity contribution in [1.82, 2.24) is 9.78 Å². The number of hydrogen-bond acceptors (Lipinski definition) is 3. The van der Waals surface area contributed by atoms with Crippen LogP contribution in [0.4, 0.5) is 0 Å². The molecule has 5 nitrogen and oxygen atoms in total.